The fourth-order valence-electron chi connectivity index (χ4n) is 3.15. The van der Waals surface area contributed by atoms with Crippen molar-refractivity contribution < 1.29 is 23.6 Å². The molecule has 1 aliphatic heterocycles. The summed E-state index contributed by atoms with van der Waals surface area (Å²) < 4.78 is 19.1. The topological polar surface area (TPSA) is 102 Å². The summed E-state index contributed by atoms with van der Waals surface area (Å²) in [5.41, 5.74) is 3.22. The molecule has 1 saturated heterocycles. The van der Waals surface area contributed by atoms with Gasteiger partial charge >= 0.3 is 0 Å². The molecule has 0 spiro atoms. The van der Waals surface area contributed by atoms with Gasteiger partial charge in [0.25, 0.3) is 17.5 Å². The third kappa shape index (κ3) is 4.31. The van der Waals surface area contributed by atoms with Gasteiger partial charge in [0, 0.05) is 17.7 Å². The van der Waals surface area contributed by atoms with Gasteiger partial charge in [-0.05, 0) is 42.0 Å². The average molecular weight is 433 g/mol. The van der Waals surface area contributed by atoms with E-state index in [1.807, 2.05) is 0 Å². The average Bonchev–Trinajstić information content (AvgIpc) is 3.07. The molecule has 32 heavy (non-hydrogen) atoms. The molecular formula is C23H16FN3O5. The molecule has 2 amide bonds. The minimum atomic E-state index is -0.651. The summed E-state index contributed by atoms with van der Waals surface area (Å²) in [5, 5.41) is 12.3. The molecule has 0 unspecified atom stereocenters. The van der Waals surface area contributed by atoms with Crippen molar-refractivity contribution in [2.45, 2.75) is 6.61 Å². The number of nitrogens with one attached hydrogen (secondary N) is 1. The van der Waals surface area contributed by atoms with Gasteiger partial charge in [-0.15, -0.1) is 0 Å². The van der Waals surface area contributed by atoms with Gasteiger partial charge in [0.15, 0.2) is 0 Å². The number of amides is 2. The number of hydrogen-bond donors (Lipinski definition) is 1. The van der Waals surface area contributed by atoms with E-state index >= 15 is 0 Å². The molecular weight excluding hydrogens is 417 g/mol. The fraction of sp³-hybridized carbons (Fsp3) is 0.0435. The highest BCUT2D eigenvalue weighted by Gasteiger charge is 2.34. The van der Waals surface area contributed by atoms with Gasteiger partial charge in [-0.25, -0.2) is 9.40 Å². The van der Waals surface area contributed by atoms with Crippen molar-refractivity contribution in [3.05, 3.63) is 105 Å². The number of benzene rings is 3. The molecule has 0 bridgehead atoms. The number of ether oxygens (including phenoxy) is 1. The summed E-state index contributed by atoms with van der Waals surface area (Å²) in [6.45, 7) is -0.0119. The Bertz CT molecular complexity index is 1240. The van der Waals surface area contributed by atoms with E-state index in [0.717, 1.165) is 5.01 Å². The number of halogens is 1. The van der Waals surface area contributed by atoms with E-state index in [1.165, 1.54) is 42.5 Å². The molecule has 1 N–H and O–H groups in total. The summed E-state index contributed by atoms with van der Waals surface area (Å²) in [7, 11) is 0. The number of nitro groups is 1. The number of nitro benzene ring substituents is 1. The van der Waals surface area contributed by atoms with E-state index in [2.05, 4.69) is 5.43 Å². The van der Waals surface area contributed by atoms with Gasteiger partial charge in [-0.3, -0.25) is 25.1 Å². The van der Waals surface area contributed by atoms with Crippen LogP contribution in [0.2, 0.25) is 0 Å². The highest BCUT2D eigenvalue weighted by atomic mass is 19.1. The number of carbonyl (C=O) groups excluding carboxylic acids is 2. The van der Waals surface area contributed by atoms with Crippen LogP contribution in [-0.2, 0) is 16.2 Å². The van der Waals surface area contributed by atoms with Crippen LogP contribution in [0, 0.1) is 15.9 Å². The number of carbonyl (C=O) groups is 2. The number of rotatable bonds is 6. The SMILES string of the molecule is O=C1NN(c2ccccc2)C(=O)/C1=C\c1cc([N+](=O)[O-])ccc1OCc1cccc(F)c1. The molecule has 8 nitrogen and oxygen atoms in total. The molecule has 3 aromatic carbocycles. The number of anilines is 1. The first-order valence-corrected chi connectivity index (χ1v) is 9.50. The van der Waals surface area contributed by atoms with Crippen molar-refractivity contribution in [3.63, 3.8) is 0 Å². The van der Waals surface area contributed by atoms with Crippen molar-refractivity contribution >= 4 is 29.3 Å². The van der Waals surface area contributed by atoms with Crippen LogP contribution in [0.5, 0.6) is 5.75 Å². The zero-order valence-corrected chi connectivity index (χ0v) is 16.5. The maximum Gasteiger partial charge on any atom is 0.282 e. The third-order valence-electron chi connectivity index (χ3n) is 4.69. The largest absolute Gasteiger partial charge is 0.488 e. The predicted molar refractivity (Wildman–Crippen MR) is 114 cm³/mol. The van der Waals surface area contributed by atoms with Gasteiger partial charge in [0.1, 0.15) is 23.7 Å². The summed E-state index contributed by atoms with van der Waals surface area (Å²) >= 11 is 0. The first-order valence-electron chi connectivity index (χ1n) is 9.50. The van der Waals surface area contributed by atoms with Crippen molar-refractivity contribution in [2.75, 3.05) is 5.01 Å². The second kappa shape index (κ2) is 8.68. The molecule has 0 aromatic heterocycles. The minimum absolute atomic E-state index is 0.0119. The van der Waals surface area contributed by atoms with E-state index in [4.69, 9.17) is 4.74 Å². The lowest BCUT2D eigenvalue weighted by Gasteiger charge is -2.14. The molecule has 4 rings (SSSR count). The number of non-ortho nitro benzene ring substituents is 1. The van der Waals surface area contributed by atoms with E-state index in [9.17, 15) is 24.1 Å². The normalized spacial score (nSPS) is 14.5. The zero-order chi connectivity index (χ0) is 22.7. The molecule has 0 aliphatic carbocycles. The molecule has 1 heterocycles. The lowest BCUT2D eigenvalue weighted by atomic mass is 10.1. The van der Waals surface area contributed by atoms with Gasteiger partial charge in [0.2, 0.25) is 0 Å². The van der Waals surface area contributed by atoms with Crippen LogP contribution in [0.1, 0.15) is 11.1 Å². The molecule has 3 aromatic rings. The third-order valence-corrected chi connectivity index (χ3v) is 4.69. The lowest BCUT2D eigenvalue weighted by Crippen LogP contribution is -2.35. The Hall–Kier alpha value is -4.53. The maximum atomic E-state index is 13.4. The molecule has 0 radical (unpaired) electrons. The Morgan fingerprint density at radius 3 is 2.53 bits per heavy atom. The van der Waals surface area contributed by atoms with Crippen LogP contribution in [-0.4, -0.2) is 16.7 Å². The minimum Gasteiger partial charge on any atom is -0.488 e. The molecule has 0 saturated carbocycles. The smallest absolute Gasteiger partial charge is 0.282 e. The summed E-state index contributed by atoms with van der Waals surface area (Å²) in [5.74, 6) is -1.48. The van der Waals surface area contributed by atoms with Crippen LogP contribution in [0.25, 0.3) is 6.08 Å². The quantitative estimate of drug-likeness (QED) is 0.276. The molecule has 0 atom stereocenters. The molecule has 9 heteroatoms. The van der Waals surface area contributed by atoms with Gasteiger partial charge in [-0.2, -0.15) is 0 Å². The first-order chi connectivity index (χ1) is 15.4. The molecule has 160 valence electrons. The van der Waals surface area contributed by atoms with E-state index < -0.39 is 22.6 Å². The Morgan fingerprint density at radius 1 is 1.03 bits per heavy atom. The van der Waals surface area contributed by atoms with E-state index in [-0.39, 0.29) is 29.2 Å². The standard InChI is InChI=1S/C23H16FN3O5/c24-17-6-4-5-15(11-17)14-32-21-10-9-19(27(30)31)12-16(21)13-20-22(28)25-26(23(20)29)18-7-2-1-3-8-18/h1-13H,14H2,(H,25,28)/b20-13-. The van der Waals surface area contributed by atoms with E-state index in [1.54, 1.807) is 36.4 Å². The number of hydrogen-bond acceptors (Lipinski definition) is 5. The Labute approximate surface area is 181 Å². The van der Waals surface area contributed by atoms with E-state index in [0.29, 0.717) is 11.3 Å². The van der Waals surface area contributed by atoms with Crippen LogP contribution >= 0.6 is 0 Å². The zero-order valence-electron chi connectivity index (χ0n) is 16.5. The maximum absolute atomic E-state index is 13.4. The Morgan fingerprint density at radius 2 is 1.81 bits per heavy atom. The molecule has 1 aliphatic rings. The second-order valence-electron chi connectivity index (χ2n) is 6.87. The van der Waals surface area contributed by atoms with Crippen molar-refractivity contribution in [3.8, 4) is 5.75 Å². The van der Waals surface area contributed by atoms with Crippen LogP contribution < -0.4 is 15.2 Å². The second-order valence-corrected chi connectivity index (χ2v) is 6.87. The molecule has 1 fully saturated rings. The predicted octanol–water partition coefficient (Wildman–Crippen LogP) is 3.77. The number of para-hydroxylation sites is 1. The first kappa shape index (κ1) is 20.7. The Balaban J connectivity index is 1.67. The van der Waals surface area contributed by atoms with Gasteiger partial charge in [-0.1, -0.05) is 30.3 Å². The monoisotopic (exact) mass is 433 g/mol. The van der Waals surface area contributed by atoms with Crippen molar-refractivity contribution in [2.24, 2.45) is 0 Å². The van der Waals surface area contributed by atoms with Crippen molar-refractivity contribution in [1.82, 2.24) is 5.43 Å². The summed E-state index contributed by atoms with van der Waals surface area (Å²) in [6.07, 6.45) is 1.24. The van der Waals surface area contributed by atoms with Crippen LogP contribution in [0.15, 0.2) is 78.4 Å². The van der Waals surface area contributed by atoms with Crippen LogP contribution in [0.4, 0.5) is 15.8 Å². The number of hydrazine groups is 1. The highest BCUT2D eigenvalue weighted by molar-refractivity contribution is 6.31. The fourth-order valence-corrected chi connectivity index (χ4v) is 3.15. The number of nitrogens with zero attached hydrogens (tertiary/aromatic N) is 2. The van der Waals surface area contributed by atoms with Gasteiger partial charge < -0.3 is 4.74 Å². The van der Waals surface area contributed by atoms with Crippen LogP contribution in [0.3, 0.4) is 0 Å². The van der Waals surface area contributed by atoms with Crippen molar-refractivity contribution in [1.29, 1.82) is 0 Å². The summed E-state index contributed by atoms with van der Waals surface area (Å²) in [4.78, 5) is 35.9. The Kier molecular flexibility index (Phi) is 5.63. The highest BCUT2D eigenvalue weighted by Crippen LogP contribution is 2.29. The lowest BCUT2D eigenvalue weighted by molar-refractivity contribution is -0.384. The summed E-state index contributed by atoms with van der Waals surface area (Å²) in [6, 6.07) is 18.1. The van der Waals surface area contributed by atoms with Gasteiger partial charge in [0.05, 0.1) is 10.6 Å².